The van der Waals surface area contributed by atoms with Crippen molar-refractivity contribution in [2.45, 2.75) is 32.5 Å². The van der Waals surface area contributed by atoms with Gasteiger partial charge in [0.2, 0.25) is 5.91 Å². The Labute approximate surface area is 157 Å². The third-order valence-corrected chi connectivity index (χ3v) is 5.61. The molecule has 8 heteroatoms. The van der Waals surface area contributed by atoms with Crippen LogP contribution < -0.4 is 10.6 Å². The molecule has 1 saturated heterocycles. The van der Waals surface area contributed by atoms with Gasteiger partial charge in [0.15, 0.2) is 0 Å². The van der Waals surface area contributed by atoms with Crippen LogP contribution in [0.4, 0.5) is 19.0 Å². The molecule has 3 rings (SSSR count). The maximum Gasteiger partial charge on any atom is 0.416 e. The molecule has 0 bridgehead atoms. The number of anilines is 1. The van der Waals surface area contributed by atoms with Gasteiger partial charge in [-0.1, -0.05) is 26.0 Å². The standard InChI is InChI=1S/C19H25F3N4O/c1-13(2)18(5-3-15(23)12-18)17(27)26-9-7-25(8-10-26)16-11-14(4-6-24-16)19(20,21)22/h3-6,11,13,15H,7-10,12,23H2,1-2H3/t15-,18+/m1/s1. The maximum atomic E-state index is 13.2. The van der Waals surface area contributed by atoms with Gasteiger partial charge in [-0.15, -0.1) is 0 Å². The summed E-state index contributed by atoms with van der Waals surface area (Å²) in [7, 11) is 0. The van der Waals surface area contributed by atoms with Crippen molar-refractivity contribution in [1.82, 2.24) is 9.88 Å². The number of nitrogens with zero attached hydrogens (tertiary/aromatic N) is 3. The van der Waals surface area contributed by atoms with Crippen molar-refractivity contribution in [3.8, 4) is 0 Å². The van der Waals surface area contributed by atoms with Crippen LogP contribution in [0.25, 0.3) is 0 Å². The van der Waals surface area contributed by atoms with E-state index < -0.39 is 17.2 Å². The SMILES string of the molecule is CC(C)[C@]1(C(=O)N2CCN(c3cc(C(F)(F)F)ccn3)CC2)C=C[C@@H](N)C1. The lowest BCUT2D eigenvalue weighted by atomic mass is 9.75. The first-order valence-corrected chi connectivity index (χ1v) is 9.16. The monoisotopic (exact) mass is 382 g/mol. The Morgan fingerprint density at radius 1 is 1.30 bits per heavy atom. The highest BCUT2D eigenvalue weighted by Gasteiger charge is 2.45. The average Bonchev–Trinajstić information content (AvgIpc) is 3.04. The second-order valence-electron chi connectivity index (χ2n) is 7.60. The summed E-state index contributed by atoms with van der Waals surface area (Å²) in [6, 6.07) is 1.91. The zero-order valence-corrected chi connectivity index (χ0v) is 15.5. The molecule has 1 amide bonds. The number of piperazine rings is 1. The summed E-state index contributed by atoms with van der Waals surface area (Å²) < 4.78 is 38.7. The number of hydrogen-bond acceptors (Lipinski definition) is 4. The van der Waals surface area contributed by atoms with Gasteiger partial charge in [-0.2, -0.15) is 13.2 Å². The van der Waals surface area contributed by atoms with Crippen LogP contribution in [-0.2, 0) is 11.0 Å². The molecule has 148 valence electrons. The molecule has 2 heterocycles. The van der Waals surface area contributed by atoms with Crippen LogP contribution in [-0.4, -0.2) is 48.0 Å². The molecule has 0 unspecified atom stereocenters. The van der Waals surface area contributed by atoms with Gasteiger partial charge in [0.1, 0.15) is 5.82 Å². The Bertz CT molecular complexity index is 726. The van der Waals surface area contributed by atoms with E-state index >= 15 is 0 Å². The molecule has 2 aliphatic rings. The zero-order chi connectivity index (χ0) is 19.8. The van der Waals surface area contributed by atoms with E-state index in [9.17, 15) is 18.0 Å². The normalized spacial score (nSPS) is 26.1. The lowest BCUT2D eigenvalue weighted by Gasteiger charge is -2.41. The van der Waals surface area contributed by atoms with Crippen LogP contribution in [0.15, 0.2) is 30.5 Å². The Morgan fingerprint density at radius 3 is 2.48 bits per heavy atom. The zero-order valence-electron chi connectivity index (χ0n) is 15.5. The Morgan fingerprint density at radius 2 is 1.96 bits per heavy atom. The van der Waals surface area contributed by atoms with E-state index in [2.05, 4.69) is 4.98 Å². The van der Waals surface area contributed by atoms with Crippen LogP contribution in [0.2, 0.25) is 0 Å². The van der Waals surface area contributed by atoms with Crippen molar-refractivity contribution >= 4 is 11.7 Å². The predicted octanol–water partition coefficient (Wildman–Crippen LogP) is 2.68. The topological polar surface area (TPSA) is 62.5 Å². The third-order valence-electron chi connectivity index (χ3n) is 5.61. The Hall–Kier alpha value is -2.09. The molecule has 1 fully saturated rings. The molecule has 27 heavy (non-hydrogen) atoms. The fourth-order valence-electron chi connectivity index (χ4n) is 3.86. The molecule has 0 radical (unpaired) electrons. The predicted molar refractivity (Wildman–Crippen MR) is 97.0 cm³/mol. The van der Waals surface area contributed by atoms with Gasteiger partial charge in [-0.05, 0) is 24.5 Å². The molecular weight excluding hydrogens is 357 g/mol. The number of halogens is 3. The van der Waals surface area contributed by atoms with E-state index in [4.69, 9.17) is 5.73 Å². The molecule has 1 aliphatic carbocycles. The highest BCUT2D eigenvalue weighted by Crippen LogP contribution is 2.41. The lowest BCUT2D eigenvalue weighted by molar-refractivity contribution is -0.142. The molecule has 1 aliphatic heterocycles. The fraction of sp³-hybridized carbons (Fsp3) is 0.579. The maximum absolute atomic E-state index is 13.2. The first kappa shape index (κ1) is 19.7. The molecule has 2 N–H and O–H groups in total. The highest BCUT2D eigenvalue weighted by molar-refractivity contribution is 5.86. The van der Waals surface area contributed by atoms with E-state index in [0.29, 0.717) is 38.4 Å². The molecule has 1 aromatic heterocycles. The summed E-state index contributed by atoms with van der Waals surface area (Å²) in [5.41, 5.74) is 4.70. The van der Waals surface area contributed by atoms with Crippen LogP contribution in [0.3, 0.4) is 0 Å². The van der Waals surface area contributed by atoms with Crippen molar-refractivity contribution in [3.63, 3.8) is 0 Å². The van der Waals surface area contributed by atoms with Gasteiger partial charge in [0.05, 0.1) is 11.0 Å². The minimum Gasteiger partial charge on any atom is -0.353 e. The number of hydrogen-bond donors (Lipinski definition) is 1. The van der Waals surface area contributed by atoms with Gasteiger partial charge >= 0.3 is 6.18 Å². The van der Waals surface area contributed by atoms with E-state index in [1.807, 2.05) is 26.0 Å². The summed E-state index contributed by atoms with van der Waals surface area (Å²) in [5.74, 6) is 0.467. The highest BCUT2D eigenvalue weighted by atomic mass is 19.4. The van der Waals surface area contributed by atoms with Crippen molar-refractivity contribution in [1.29, 1.82) is 0 Å². The van der Waals surface area contributed by atoms with Crippen LogP contribution in [0.5, 0.6) is 0 Å². The van der Waals surface area contributed by atoms with E-state index in [-0.39, 0.29) is 17.9 Å². The van der Waals surface area contributed by atoms with Gasteiger partial charge < -0.3 is 15.5 Å². The van der Waals surface area contributed by atoms with Crippen molar-refractivity contribution in [3.05, 3.63) is 36.0 Å². The smallest absolute Gasteiger partial charge is 0.353 e. The Kier molecular flexibility index (Phi) is 5.20. The summed E-state index contributed by atoms with van der Waals surface area (Å²) in [6.07, 6.45) is 1.20. The Balaban J connectivity index is 1.69. The molecule has 0 spiro atoms. The number of aromatic nitrogens is 1. The van der Waals surface area contributed by atoms with Crippen LogP contribution in [0.1, 0.15) is 25.8 Å². The second-order valence-corrected chi connectivity index (χ2v) is 7.60. The minimum atomic E-state index is -4.40. The van der Waals surface area contributed by atoms with Gasteiger partial charge in [0.25, 0.3) is 0 Å². The van der Waals surface area contributed by atoms with Gasteiger partial charge in [0, 0.05) is 38.4 Å². The van der Waals surface area contributed by atoms with Crippen molar-refractivity contribution < 1.29 is 18.0 Å². The summed E-state index contributed by atoms with van der Waals surface area (Å²) in [4.78, 5) is 20.8. The van der Waals surface area contributed by atoms with Crippen molar-refractivity contribution in [2.75, 3.05) is 31.1 Å². The summed E-state index contributed by atoms with van der Waals surface area (Å²) >= 11 is 0. The van der Waals surface area contributed by atoms with E-state index in [1.165, 1.54) is 6.20 Å². The number of carbonyl (C=O) groups excluding carboxylic acids is 1. The first-order chi connectivity index (χ1) is 12.6. The quantitative estimate of drug-likeness (QED) is 0.817. The molecule has 5 nitrogen and oxygen atoms in total. The van der Waals surface area contributed by atoms with E-state index in [0.717, 1.165) is 12.1 Å². The van der Waals surface area contributed by atoms with E-state index in [1.54, 1.807) is 9.80 Å². The summed E-state index contributed by atoms with van der Waals surface area (Å²) in [6.45, 7) is 5.84. The molecule has 0 aromatic carbocycles. The van der Waals surface area contributed by atoms with Gasteiger partial charge in [-0.3, -0.25) is 4.79 Å². The number of carbonyl (C=O) groups is 1. The number of alkyl halides is 3. The van der Waals surface area contributed by atoms with Crippen LogP contribution >= 0.6 is 0 Å². The molecule has 2 atom stereocenters. The number of pyridine rings is 1. The minimum absolute atomic E-state index is 0.0540. The second kappa shape index (κ2) is 7.14. The molecular formula is C19H25F3N4O. The van der Waals surface area contributed by atoms with Crippen molar-refractivity contribution in [2.24, 2.45) is 17.1 Å². The van der Waals surface area contributed by atoms with Crippen LogP contribution in [0, 0.1) is 11.3 Å². The summed E-state index contributed by atoms with van der Waals surface area (Å²) in [5, 5.41) is 0. The first-order valence-electron chi connectivity index (χ1n) is 9.16. The molecule has 0 saturated carbocycles. The molecule has 1 aromatic rings. The third kappa shape index (κ3) is 3.81. The van der Waals surface area contributed by atoms with Gasteiger partial charge in [-0.25, -0.2) is 4.98 Å². The average molecular weight is 382 g/mol. The largest absolute Gasteiger partial charge is 0.416 e. The number of nitrogens with two attached hydrogens (primary N) is 1. The number of rotatable bonds is 3. The number of amides is 1. The lowest BCUT2D eigenvalue weighted by Crippen LogP contribution is -2.54. The fourth-order valence-corrected chi connectivity index (χ4v) is 3.86.